The highest BCUT2D eigenvalue weighted by Gasteiger charge is 2.24. The van der Waals surface area contributed by atoms with Gasteiger partial charge in [-0.2, -0.15) is 0 Å². The fourth-order valence-electron chi connectivity index (χ4n) is 3.62. The zero-order chi connectivity index (χ0) is 22.1. The van der Waals surface area contributed by atoms with Crippen LogP contribution >= 0.6 is 0 Å². The molecule has 0 unspecified atom stereocenters. The number of carboxylic acid groups (broad SMARTS) is 1. The lowest BCUT2D eigenvalue weighted by Gasteiger charge is -2.28. The van der Waals surface area contributed by atoms with Crippen molar-refractivity contribution in [1.29, 1.82) is 0 Å². The number of carbonyl (C=O) groups excluding carboxylic acids is 1. The van der Waals surface area contributed by atoms with E-state index in [2.05, 4.69) is 17.6 Å². The highest BCUT2D eigenvalue weighted by atomic mass is 16.6. The van der Waals surface area contributed by atoms with Gasteiger partial charge in [0.2, 0.25) is 0 Å². The van der Waals surface area contributed by atoms with Gasteiger partial charge in [-0.3, -0.25) is 0 Å². The zero-order valence-electron chi connectivity index (χ0n) is 18.6. The quantitative estimate of drug-likeness (QED) is 0.565. The number of carboxylic acids is 1. The first kappa shape index (κ1) is 24.0. The number of ether oxygens (including phenoxy) is 2. The van der Waals surface area contributed by atoms with Crippen molar-refractivity contribution < 1.29 is 24.2 Å². The van der Waals surface area contributed by atoms with E-state index in [0.29, 0.717) is 12.5 Å². The number of alkyl carbamates (subject to hydrolysis) is 1. The molecule has 1 aromatic rings. The molecule has 1 aliphatic heterocycles. The molecule has 1 fully saturated rings. The van der Waals surface area contributed by atoms with E-state index in [-0.39, 0.29) is 6.42 Å². The number of nitrogens with one attached hydrogen (secondary N) is 2. The summed E-state index contributed by atoms with van der Waals surface area (Å²) in [6.07, 6.45) is 2.92. The molecule has 1 aromatic carbocycles. The number of piperidine rings is 1. The van der Waals surface area contributed by atoms with Gasteiger partial charge in [-0.05, 0) is 82.7 Å². The highest BCUT2D eigenvalue weighted by molar-refractivity contribution is 5.80. The van der Waals surface area contributed by atoms with Crippen LogP contribution in [-0.2, 0) is 16.0 Å². The molecule has 1 saturated heterocycles. The van der Waals surface area contributed by atoms with E-state index in [9.17, 15) is 14.7 Å². The van der Waals surface area contributed by atoms with Crippen LogP contribution in [0.1, 0.15) is 52.5 Å². The lowest BCUT2D eigenvalue weighted by Crippen LogP contribution is -2.44. The molecule has 1 amide bonds. The molecule has 2 atom stereocenters. The van der Waals surface area contributed by atoms with Gasteiger partial charge in [-0.25, -0.2) is 9.59 Å². The van der Waals surface area contributed by atoms with E-state index in [1.54, 1.807) is 20.8 Å². The number of amides is 1. The van der Waals surface area contributed by atoms with Gasteiger partial charge in [0, 0.05) is 6.42 Å². The summed E-state index contributed by atoms with van der Waals surface area (Å²) in [5.41, 5.74) is 0.117. The largest absolute Gasteiger partial charge is 0.494 e. The number of rotatable bonds is 9. The molecule has 2 rings (SSSR count). The topological polar surface area (TPSA) is 96.9 Å². The third-order valence-electron chi connectivity index (χ3n) is 5.38. The van der Waals surface area contributed by atoms with Crippen LogP contribution in [0, 0.1) is 11.8 Å². The van der Waals surface area contributed by atoms with E-state index < -0.39 is 23.7 Å². The average Bonchev–Trinajstić information content (AvgIpc) is 2.68. The van der Waals surface area contributed by atoms with E-state index in [1.165, 1.54) is 12.8 Å². The zero-order valence-corrected chi connectivity index (χ0v) is 18.6. The smallest absolute Gasteiger partial charge is 0.408 e. The second-order valence-electron chi connectivity index (χ2n) is 9.09. The molecule has 0 aliphatic carbocycles. The van der Waals surface area contributed by atoms with Gasteiger partial charge >= 0.3 is 12.1 Å². The maximum Gasteiger partial charge on any atom is 0.408 e. The van der Waals surface area contributed by atoms with Crippen LogP contribution in [-0.4, -0.2) is 48.5 Å². The minimum atomic E-state index is -1.10. The first-order chi connectivity index (χ1) is 14.1. The minimum absolute atomic E-state index is 0.168. The Morgan fingerprint density at radius 3 is 2.40 bits per heavy atom. The van der Waals surface area contributed by atoms with Crippen molar-refractivity contribution in [3.05, 3.63) is 29.8 Å². The summed E-state index contributed by atoms with van der Waals surface area (Å²) in [5, 5.41) is 15.2. The molecule has 0 aromatic heterocycles. The molecule has 7 heteroatoms. The molecule has 1 aliphatic rings. The van der Waals surface area contributed by atoms with E-state index in [1.807, 2.05) is 24.3 Å². The Bertz CT molecular complexity index is 678. The van der Waals surface area contributed by atoms with Crippen LogP contribution in [0.4, 0.5) is 4.79 Å². The molecule has 30 heavy (non-hydrogen) atoms. The van der Waals surface area contributed by atoms with Crippen molar-refractivity contribution in [2.24, 2.45) is 11.8 Å². The van der Waals surface area contributed by atoms with Crippen molar-refractivity contribution in [1.82, 2.24) is 10.6 Å². The number of hydrogen-bond acceptors (Lipinski definition) is 5. The van der Waals surface area contributed by atoms with Crippen molar-refractivity contribution in [3.8, 4) is 5.75 Å². The predicted octanol–water partition coefficient (Wildman–Crippen LogP) is 3.61. The van der Waals surface area contributed by atoms with Crippen LogP contribution in [0.5, 0.6) is 5.75 Å². The van der Waals surface area contributed by atoms with E-state index in [0.717, 1.165) is 36.7 Å². The lowest BCUT2D eigenvalue weighted by atomic mass is 9.84. The average molecular weight is 421 g/mol. The second kappa shape index (κ2) is 11.2. The molecule has 0 bridgehead atoms. The first-order valence-corrected chi connectivity index (χ1v) is 10.8. The summed E-state index contributed by atoms with van der Waals surface area (Å²) in [6, 6.07) is 6.29. The van der Waals surface area contributed by atoms with Crippen LogP contribution < -0.4 is 15.4 Å². The minimum Gasteiger partial charge on any atom is -0.494 e. The summed E-state index contributed by atoms with van der Waals surface area (Å²) in [5.74, 6) is 1.07. The van der Waals surface area contributed by atoms with E-state index >= 15 is 0 Å². The van der Waals surface area contributed by atoms with Gasteiger partial charge in [0.25, 0.3) is 0 Å². The van der Waals surface area contributed by atoms with Crippen molar-refractivity contribution in [2.45, 2.75) is 65.0 Å². The predicted molar refractivity (Wildman–Crippen MR) is 116 cm³/mol. The second-order valence-corrected chi connectivity index (χ2v) is 9.09. The van der Waals surface area contributed by atoms with Crippen LogP contribution in [0.15, 0.2) is 24.3 Å². The Labute approximate surface area is 179 Å². The molecule has 0 spiro atoms. The van der Waals surface area contributed by atoms with Crippen molar-refractivity contribution >= 4 is 12.1 Å². The maximum absolute atomic E-state index is 11.9. The van der Waals surface area contributed by atoms with Crippen molar-refractivity contribution in [2.75, 3.05) is 19.7 Å². The Hall–Kier alpha value is -2.28. The molecular formula is C23H36N2O5. The van der Waals surface area contributed by atoms with Gasteiger partial charge in [0.1, 0.15) is 17.4 Å². The number of aliphatic carboxylic acids is 1. The highest BCUT2D eigenvalue weighted by Crippen LogP contribution is 2.24. The Balaban J connectivity index is 1.80. The standard InChI is InChI=1S/C23H36N2O5/c1-16(18-9-12-24-13-10-18)11-14-29-19-7-5-17(6-8-19)15-20(21(26)27)25-22(28)30-23(2,3)4/h5-8,16,18,20,24H,9-15H2,1-4H3,(H,25,28)(H,26,27)/t16-,20+/m1/s1. The Kier molecular flexibility index (Phi) is 8.96. The fraction of sp³-hybridized carbons (Fsp3) is 0.652. The summed E-state index contributed by atoms with van der Waals surface area (Å²) in [4.78, 5) is 23.4. The van der Waals surface area contributed by atoms with Gasteiger partial charge in [-0.1, -0.05) is 19.1 Å². The van der Waals surface area contributed by atoms with Gasteiger partial charge in [-0.15, -0.1) is 0 Å². The summed E-state index contributed by atoms with van der Waals surface area (Å²) < 4.78 is 11.0. The summed E-state index contributed by atoms with van der Waals surface area (Å²) >= 11 is 0. The normalized spacial score (nSPS) is 17.1. The fourth-order valence-corrected chi connectivity index (χ4v) is 3.62. The van der Waals surface area contributed by atoms with Gasteiger partial charge < -0.3 is 25.2 Å². The number of hydrogen-bond donors (Lipinski definition) is 3. The third kappa shape index (κ3) is 8.61. The molecular weight excluding hydrogens is 384 g/mol. The number of benzene rings is 1. The Morgan fingerprint density at radius 1 is 1.20 bits per heavy atom. The number of carbonyl (C=O) groups is 2. The monoisotopic (exact) mass is 420 g/mol. The van der Waals surface area contributed by atoms with Gasteiger partial charge in [0.05, 0.1) is 6.61 Å². The summed E-state index contributed by atoms with van der Waals surface area (Å²) in [6.45, 7) is 10.4. The van der Waals surface area contributed by atoms with E-state index in [4.69, 9.17) is 9.47 Å². The molecule has 3 N–H and O–H groups in total. The molecule has 7 nitrogen and oxygen atoms in total. The third-order valence-corrected chi connectivity index (χ3v) is 5.38. The molecule has 0 radical (unpaired) electrons. The summed E-state index contributed by atoms with van der Waals surface area (Å²) in [7, 11) is 0. The van der Waals surface area contributed by atoms with Crippen molar-refractivity contribution in [3.63, 3.8) is 0 Å². The first-order valence-electron chi connectivity index (χ1n) is 10.8. The lowest BCUT2D eigenvalue weighted by molar-refractivity contribution is -0.139. The SMILES string of the molecule is C[C@H](CCOc1ccc(C[C@H](NC(=O)OC(C)(C)C)C(=O)O)cc1)C1CCNCC1. The molecule has 168 valence electrons. The molecule has 0 saturated carbocycles. The Morgan fingerprint density at radius 2 is 1.83 bits per heavy atom. The van der Waals surface area contributed by atoms with Crippen LogP contribution in [0.3, 0.4) is 0 Å². The molecule has 1 heterocycles. The maximum atomic E-state index is 11.9. The van der Waals surface area contributed by atoms with Crippen LogP contribution in [0.2, 0.25) is 0 Å². The van der Waals surface area contributed by atoms with Crippen LogP contribution in [0.25, 0.3) is 0 Å². The van der Waals surface area contributed by atoms with Gasteiger partial charge in [0.15, 0.2) is 0 Å².